The van der Waals surface area contributed by atoms with E-state index in [1.165, 1.54) is 6.07 Å². The number of rotatable bonds is 7. The number of nitrogens with one attached hydrogen (secondary N) is 2. The van der Waals surface area contributed by atoms with Gasteiger partial charge in [0.1, 0.15) is 11.6 Å². The van der Waals surface area contributed by atoms with E-state index in [-0.39, 0.29) is 17.1 Å². The van der Waals surface area contributed by atoms with Crippen LogP contribution in [0.3, 0.4) is 0 Å². The molecule has 1 fully saturated rings. The molecule has 0 bridgehead atoms. The first-order chi connectivity index (χ1) is 13.9. The van der Waals surface area contributed by atoms with Crippen LogP contribution in [-0.4, -0.2) is 34.7 Å². The van der Waals surface area contributed by atoms with Crippen molar-refractivity contribution in [2.45, 2.75) is 38.5 Å². The Balaban J connectivity index is 1.66. The average molecular weight is 395 g/mol. The highest BCUT2D eigenvalue weighted by Gasteiger charge is 2.41. The molecule has 2 heterocycles. The molecular weight excluding hydrogens is 369 g/mol. The smallest absolute Gasteiger partial charge is 0.246 e. The number of aromatic nitrogens is 3. The largest absolute Gasteiger partial charge is 0.368 e. The van der Waals surface area contributed by atoms with Crippen molar-refractivity contribution < 1.29 is 9.18 Å². The fourth-order valence-electron chi connectivity index (χ4n) is 3.38. The molecule has 1 amide bonds. The van der Waals surface area contributed by atoms with Gasteiger partial charge in [0.05, 0.1) is 11.4 Å². The molecule has 1 saturated carbocycles. The monoisotopic (exact) mass is 395 g/mol. The van der Waals surface area contributed by atoms with Crippen LogP contribution in [0.1, 0.15) is 44.5 Å². The van der Waals surface area contributed by atoms with E-state index in [2.05, 4.69) is 25.8 Å². The SMILES string of the molecule is CNC(=O)/C(C)=C/C=C(\C)c1ccc(NCC2(c3ncccc3F)CCC2)nn1. The fraction of sp³-hybridized carbons (Fsp3) is 0.364. The number of allylic oxidation sites excluding steroid dienone is 3. The van der Waals surface area contributed by atoms with Gasteiger partial charge in [0.15, 0.2) is 0 Å². The first-order valence-electron chi connectivity index (χ1n) is 9.71. The van der Waals surface area contributed by atoms with Gasteiger partial charge in [-0.15, -0.1) is 10.2 Å². The Hall–Kier alpha value is -3.09. The van der Waals surface area contributed by atoms with Crippen molar-refractivity contribution in [1.82, 2.24) is 20.5 Å². The molecule has 0 saturated heterocycles. The van der Waals surface area contributed by atoms with E-state index in [1.807, 2.05) is 25.1 Å². The van der Waals surface area contributed by atoms with Crippen molar-refractivity contribution in [3.8, 4) is 0 Å². The summed E-state index contributed by atoms with van der Waals surface area (Å²) < 4.78 is 14.2. The third kappa shape index (κ3) is 4.67. The zero-order valence-corrected chi connectivity index (χ0v) is 17.0. The lowest BCUT2D eigenvalue weighted by Crippen LogP contribution is -2.42. The minimum atomic E-state index is -0.288. The predicted molar refractivity (Wildman–Crippen MR) is 112 cm³/mol. The number of amides is 1. The molecule has 0 atom stereocenters. The van der Waals surface area contributed by atoms with Gasteiger partial charge in [0.25, 0.3) is 0 Å². The van der Waals surface area contributed by atoms with Crippen LogP contribution in [0.15, 0.2) is 48.2 Å². The van der Waals surface area contributed by atoms with Crippen LogP contribution >= 0.6 is 0 Å². The maximum atomic E-state index is 14.2. The zero-order valence-electron chi connectivity index (χ0n) is 17.0. The zero-order chi connectivity index (χ0) is 20.9. The fourth-order valence-corrected chi connectivity index (χ4v) is 3.38. The maximum absolute atomic E-state index is 14.2. The molecule has 0 unspecified atom stereocenters. The van der Waals surface area contributed by atoms with E-state index in [0.717, 1.165) is 30.5 Å². The Morgan fingerprint density at radius 3 is 2.59 bits per heavy atom. The lowest BCUT2D eigenvalue weighted by Gasteiger charge is -2.41. The van der Waals surface area contributed by atoms with Crippen LogP contribution < -0.4 is 10.6 Å². The molecule has 0 radical (unpaired) electrons. The molecule has 0 aliphatic heterocycles. The van der Waals surface area contributed by atoms with E-state index >= 15 is 0 Å². The summed E-state index contributed by atoms with van der Waals surface area (Å²) >= 11 is 0. The molecule has 2 N–H and O–H groups in total. The van der Waals surface area contributed by atoms with E-state index in [4.69, 9.17) is 0 Å². The number of carbonyl (C=O) groups is 1. The quantitative estimate of drug-likeness (QED) is 0.553. The van der Waals surface area contributed by atoms with Crippen LogP contribution in [0.5, 0.6) is 0 Å². The average Bonchev–Trinajstić information content (AvgIpc) is 2.72. The molecule has 2 aromatic heterocycles. The highest BCUT2D eigenvalue weighted by Crippen LogP contribution is 2.43. The summed E-state index contributed by atoms with van der Waals surface area (Å²) in [5.74, 6) is 0.270. The normalized spacial score (nSPS) is 16.1. The third-order valence-electron chi connectivity index (χ3n) is 5.42. The standard InChI is InChI=1S/C22H26FN5O/c1-15(7-8-16(2)21(29)24-3)18-9-10-19(28-27-18)26-14-22(11-5-12-22)20-17(23)6-4-13-25-20/h4,6-10,13H,5,11-12,14H2,1-3H3,(H,24,29)(H,26,28)/b15-7+,16-8+. The highest BCUT2D eigenvalue weighted by atomic mass is 19.1. The molecule has 3 rings (SSSR count). The van der Waals surface area contributed by atoms with Gasteiger partial charge in [-0.1, -0.05) is 18.6 Å². The minimum absolute atomic E-state index is 0.117. The second-order valence-corrected chi connectivity index (χ2v) is 7.40. The summed E-state index contributed by atoms with van der Waals surface area (Å²) in [4.78, 5) is 15.8. The number of likely N-dealkylation sites (N-methyl/N-ethyl adjacent to an activating group) is 1. The predicted octanol–water partition coefficient (Wildman–Crippen LogP) is 3.64. The molecule has 7 heteroatoms. The third-order valence-corrected chi connectivity index (χ3v) is 5.42. The lowest BCUT2D eigenvalue weighted by atomic mass is 9.66. The molecule has 0 aromatic carbocycles. The highest BCUT2D eigenvalue weighted by molar-refractivity contribution is 5.93. The number of carbonyl (C=O) groups excluding carboxylic acids is 1. The van der Waals surface area contributed by atoms with Crippen LogP contribution in [0.25, 0.3) is 5.57 Å². The van der Waals surface area contributed by atoms with Crippen molar-refractivity contribution in [2.24, 2.45) is 0 Å². The van der Waals surface area contributed by atoms with Gasteiger partial charge < -0.3 is 10.6 Å². The molecule has 1 aliphatic rings. The lowest BCUT2D eigenvalue weighted by molar-refractivity contribution is -0.116. The van der Waals surface area contributed by atoms with E-state index in [1.54, 1.807) is 32.3 Å². The summed E-state index contributed by atoms with van der Waals surface area (Å²) in [6, 6.07) is 6.81. The Morgan fingerprint density at radius 1 is 1.21 bits per heavy atom. The molecule has 2 aromatic rings. The van der Waals surface area contributed by atoms with Crippen molar-refractivity contribution in [3.63, 3.8) is 0 Å². The molecule has 1 aliphatic carbocycles. The van der Waals surface area contributed by atoms with Crippen LogP contribution in [-0.2, 0) is 10.2 Å². The van der Waals surface area contributed by atoms with Crippen LogP contribution in [0.2, 0.25) is 0 Å². The second-order valence-electron chi connectivity index (χ2n) is 7.40. The van der Waals surface area contributed by atoms with Gasteiger partial charge in [-0.2, -0.15) is 0 Å². The van der Waals surface area contributed by atoms with Gasteiger partial charge in [-0.25, -0.2) is 4.39 Å². The van der Waals surface area contributed by atoms with Crippen molar-refractivity contribution in [1.29, 1.82) is 0 Å². The molecule has 152 valence electrons. The van der Waals surface area contributed by atoms with Crippen molar-refractivity contribution >= 4 is 17.3 Å². The van der Waals surface area contributed by atoms with E-state index in [0.29, 0.717) is 23.6 Å². The Labute approximate surface area is 170 Å². The number of nitrogens with zero attached hydrogens (tertiary/aromatic N) is 3. The van der Waals surface area contributed by atoms with E-state index < -0.39 is 0 Å². The molecule has 0 spiro atoms. The van der Waals surface area contributed by atoms with Gasteiger partial charge in [-0.3, -0.25) is 9.78 Å². The summed E-state index contributed by atoms with van der Waals surface area (Å²) in [5.41, 5.74) is 2.49. The van der Waals surface area contributed by atoms with Gasteiger partial charge in [-0.05, 0) is 56.5 Å². The number of pyridine rings is 1. The summed E-state index contributed by atoms with van der Waals surface area (Å²) in [6.45, 7) is 4.23. The summed E-state index contributed by atoms with van der Waals surface area (Å²) in [7, 11) is 1.60. The minimum Gasteiger partial charge on any atom is -0.368 e. The van der Waals surface area contributed by atoms with Crippen LogP contribution in [0, 0.1) is 5.82 Å². The number of halogens is 1. The van der Waals surface area contributed by atoms with Crippen molar-refractivity contribution in [2.75, 3.05) is 18.9 Å². The van der Waals surface area contributed by atoms with Crippen LogP contribution in [0.4, 0.5) is 10.2 Å². The first kappa shape index (κ1) is 20.6. The number of hydrogen-bond donors (Lipinski definition) is 2. The Bertz CT molecular complexity index is 932. The Morgan fingerprint density at radius 2 is 2.00 bits per heavy atom. The van der Waals surface area contributed by atoms with E-state index in [9.17, 15) is 9.18 Å². The number of anilines is 1. The summed E-state index contributed by atoms with van der Waals surface area (Å²) in [6.07, 6.45) is 8.10. The molecule has 29 heavy (non-hydrogen) atoms. The first-order valence-corrected chi connectivity index (χ1v) is 9.71. The van der Waals surface area contributed by atoms with Gasteiger partial charge in [0, 0.05) is 30.8 Å². The van der Waals surface area contributed by atoms with Gasteiger partial charge in [0.2, 0.25) is 5.91 Å². The molecular formula is C22H26FN5O. The number of hydrogen-bond acceptors (Lipinski definition) is 5. The Kier molecular flexibility index (Phi) is 6.36. The van der Waals surface area contributed by atoms with Crippen molar-refractivity contribution in [3.05, 3.63) is 65.4 Å². The summed E-state index contributed by atoms with van der Waals surface area (Å²) in [5, 5.41) is 14.4. The molecule has 6 nitrogen and oxygen atoms in total. The maximum Gasteiger partial charge on any atom is 0.246 e. The topological polar surface area (TPSA) is 79.8 Å². The second kappa shape index (κ2) is 8.94. The van der Waals surface area contributed by atoms with Gasteiger partial charge >= 0.3 is 0 Å².